The highest BCUT2D eigenvalue weighted by atomic mass is 15.3. The highest BCUT2D eigenvalue weighted by Gasteiger charge is 2.33. The van der Waals surface area contributed by atoms with Crippen molar-refractivity contribution in [1.29, 1.82) is 10.8 Å². The number of rotatable bonds is 2. The zero-order chi connectivity index (χ0) is 19.7. The van der Waals surface area contributed by atoms with E-state index in [0.717, 1.165) is 43.7 Å². The summed E-state index contributed by atoms with van der Waals surface area (Å²) in [6.07, 6.45) is 7.51. The van der Waals surface area contributed by atoms with Gasteiger partial charge in [0.05, 0.1) is 12.2 Å². The van der Waals surface area contributed by atoms with Gasteiger partial charge in [0.2, 0.25) is 0 Å². The van der Waals surface area contributed by atoms with E-state index < -0.39 is 0 Å². The first-order valence-electron chi connectivity index (χ1n) is 10.0. The molecule has 6 nitrogen and oxygen atoms in total. The lowest BCUT2D eigenvalue weighted by atomic mass is 9.80. The van der Waals surface area contributed by atoms with E-state index in [2.05, 4.69) is 40.0 Å². The van der Waals surface area contributed by atoms with Crippen LogP contribution in [0.2, 0.25) is 0 Å². The lowest BCUT2D eigenvalue weighted by molar-refractivity contribution is 0.375. The Kier molecular flexibility index (Phi) is 5.22. The van der Waals surface area contributed by atoms with Gasteiger partial charge in [-0.2, -0.15) is 0 Å². The van der Waals surface area contributed by atoms with Crippen LogP contribution in [0, 0.1) is 23.7 Å². The number of fused-ring (bicyclic) bond motifs is 1. The number of anilines is 1. The van der Waals surface area contributed by atoms with Crippen molar-refractivity contribution in [3.63, 3.8) is 0 Å². The molecular formula is C22H28N6. The van der Waals surface area contributed by atoms with E-state index in [0.29, 0.717) is 24.1 Å². The molecule has 0 radical (unpaired) electrons. The fraction of sp³-hybridized carbons (Fsp3) is 0.455. The van der Waals surface area contributed by atoms with Gasteiger partial charge in [-0.25, -0.2) is 9.97 Å². The Morgan fingerprint density at radius 1 is 1.07 bits per heavy atom. The molecule has 1 aliphatic heterocycles. The number of amidine groups is 2. The summed E-state index contributed by atoms with van der Waals surface area (Å²) < 4.78 is 0. The van der Waals surface area contributed by atoms with Crippen LogP contribution in [0.1, 0.15) is 48.6 Å². The average Bonchev–Trinajstić information content (AvgIpc) is 2.82. The van der Waals surface area contributed by atoms with Gasteiger partial charge in [0.25, 0.3) is 0 Å². The van der Waals surface area contributed by atoms with Crippen molar-refractivity contribution in [3.05, 3.63) is 53.6 Å². The lowest BCUT2D eigenvalue weighted by Crippen LogP contribution is -2.43. The van der Waals surface area contributed by atoms with Gasteiger partial charge in [-0.1, -0.05) is 17.7 Å². The molecule has 2 aromatic rings. The maximum atomic E-state index is 8.96. The predicted molar refractivity (Wildman–Crippen MR) is 112 cm³/mol. The van der Waals surface area contributed by atoms with Crippen LogP contribution < -0.4 is 4.90 Å². The van der Waals surface area contributed by atoms with Crippen LogP contribution in [0.25, 0.3) is 0 Å². The lowest BCUT2D eigenvalue weighted by Gasteiger charge is -2.34. The fourth-order valence-corrected chi connectivity index (χ4v) is 4.48. The molecular weight excluding hydrogens is 348 g/mol. The van der Waals surface area contributed by atoms with E-state index in [1.54, 1.807) is 0 Å². The Hall–Kier alpha value is -2.60. The third-order valence-electron chi connectivity index (χ3n) is 5.91. The van der Waals surface area contributed by atoms with Gasteiger partial charge in [0.15, 0.2) is 0 Å². The summed E-state index contributed by atoms with van der Waals surface area (Å²) in [5, 5.41) is 17.6. The van der Waals surface area contributed by atoms with Crippen molar-refractivity contribution in [3.8, 4) is 0 Å². The molecule has 28 heavy (non-hydrogen) atoms. The van der Waals surface area contributed by atoms with E-state index in [4.69, 9.17) is 10.8 Å². The van der Waals surface area contributed by atoms with E-state index in [9.17, 15) is 0 Å². The summed E-state index contributed by atoms with van der Waals surface area (Å²) >= 11 is 0. The third kappa shape index (κ3) is 3.69. The third-order valence-corrected chi connectivity index (χ3v) is 5.91. The number of hydrogen-bond donors (Lipinski definition) is 2. The number of aromatic nitrogens is 2. The van der Waals surface area contributed by atoms with Gasteiger partial charge < -0.3 is 0 Å². The number of nitrogens with one attached hydrogen (secondary N) is 2. The van der Waals surface area contributed by atoms with Gasteiger partial charge in [-0.05, 0) is 57.4 Å². The molecule has 2 N–H and O–H groups in total. The number of benzene rings is 1. The molecule has 0 spiro atoms. The van der Waals surface area contributed by atoms with E-state index >= 15 is 0 Å². The minimum atomic E-state index is 0.179. The number of nitrogens with zero attached hydrogens (tertiary/aromatic N) is 4. The highest BCUT2D eigenvalue weighted by molar-refractivity contribution is 6.19. The second-order valence-corrected chi connectivity index (χ2v) is 8.13. The second kappa shape index (κ2) is 7.80. The zero-order valence-corrected chi connectivity index (χ0v) is 16.7. The summed E-state index contributed by atoms with van der Waals surface area (Å²) in [7, 11) is 2.04. The quantitative estimate of drug-likeness (QED) is 0.614. The number of likely N-dealkylation sites (N-methyl/N-ethyl adjacent to an activating group) is 1. The highest BCUT2D eigenvalue weighted by Crippen LogP contribution is 2.37. The minimum Gasteiger partial charge on any atom is -0.295 e. The molecule has 146 valence electrons. The SMILES string of the molecule is Cc1ccc2c(c1)CN(C)CC(=N)N2C(=N)C1CCC(c2ncccn2)CC1. The molecule has 0 unspecified atom stereocenters. The first kappa shape index (κ1) is 18.7. The van der Waals surface area contributed by atoms with Gasteiger partial charge in [0.1, 0.15) is 17.5 Å². The van der Waals surface area contributed by atoms with Crippen LogP contribution in [-0.4, -0.2) is 40.1 Å². The largest absolute Gasteiger partial charge is 0.295 e. The Balaban J connectivity index is 1.54. The van der Waals surface area contributed by atoms with Crippen molar-refractivity contribution >= 4 is 17.4 Å². The molecule has 6 heteroatoms. The molecule has 4 rings (SSSR count). The molecule has 0 bridgehead atoms. The molecule has 2 aliphatic rings. The molecule has 0 atom stereocenters. The van der Waals surface area contributed by atoms with Crippen molar-refractivity contribution in [2.24, 2.45) is 5.92 Å². The first-order valence-corrected chi connectivity index (χ1v) is 10.0. The summed E-state index contributed by atoms with van der Waals surface area (Å²) in [6.45, 7) is 3.46. The first-order chi connectivity index (χ1) is 13.5. The molecule has 2 heterocycles. The van der Waals surface area contributed by atoms with Crippen LogP contribution >= 0.6 is 0 Å². The number of aryl methyl sites for hydroxylation is 1. The number of hydrogen-bond acceptors (Lipinski definition) is 5. The topological polar surface area (TPSA) is 80.0 Å². The maximum Gasteiger partial charge on any atom is 0.131 e. The molecule has 0 saturated heterocycles. The summed E-state index contributed by atoms with van der Waals surface area (Å²) in [5.41, 5.74) is 3.41. The van der Waals surface area contributed by atoms with Gasteiger partial charge in [-0.3, -0.25) is 20.6 Å². The molecule has 1 fully saturated rings. The van der Waals surface area contributed by atoms with Crippen LogP contribution in [-0.2, 0) is 6.54 Å². The van der Waals surface area contributed by atoms with E-state index in [-0.39, 0.29) is 5.92 Å². The maximum absolute atomic E-state index is 8.96. The Bertz CT molecular complexity index is 870. The van der Waals surface area contributed by atoms with Gasteiger partial charge in [-0.15, -0.1) is 0 Å². The molecule has 1 aromatic carbocycles. The summed E-state index contributed by atoms with van der Waals surface area (Å²) in [4.78, 5) is 12.9. The van der Waals surface area contributed by atoms with Gasteiger partial charge >= 0.3 is 0 Å². The van der Waals surface area contributed by atoms with Crippen LogP contribution in [0.3, 0.4) is 0 Å². The normalized spacial score (nSPS) is 23.2. The monoisotopic (exact) mass is 376 g/mol. The van der Waals surface area contributed by atoms with Crippen molar-refractivity contribution in [2.45, 2.75) is 45.1 Å². The summed E-state index contributed by atoms with van der Waals surface area (Å²) in [5.74, 6) is 2.55. The fourth-order valence-electron chi connectivity index (χ4n) is 4.48. The zero-order valence-electron chi connectivity index (χ0n) is 16.7. The molecule has 1 aliphatic carbocycles. The van der Waals surface area contributed by atoms with E-state index in [1.807, 2.05) is 30.4 Å². The van der Waals surface area contributed by atoms with Crippen molar-refractivity contribution in [1.82, 2.24) is 14.9 Å². The van der Waals surface area contributed by atoms with Crippen molar-refractivity contribution in [2.75, 3.05) is 18.5 Å². The van der Waals surface area contributed by atoms with Crippen LogP contribution in [0.15, 0.2) is 36.7 Å². The molecule has 1 aromatic heterocycles. The Labute approximate surface area is 166 Å². The van der Waals surface area contributed by atoms with Gasteiger partial charge in [0, 0.05) is 30.8 Å². The minimum absolute atomic E-state index is 0.179. The second-order valence-electron chi connectivity index (χ2n) is 8.13. The summed E-state index contributed by atoms with van der Waals surface area (Å²) in [6, 6.07) is 8.21. The van der Waals surface area contributed by atoms with Crippen LogP contribution in [0.4, 0.5) is 5.69 Å². The van der Waals surface area contributed by atoms with E-state index in [1.165, 1.54) is 11.1 Å². The average molecular weight is 377 g/mol. The molecule has 0 amide bonds. The Morgan fingerprint density at radius 2 is 1.79 bits per heavy atom. The predicted octanol–water partition coefficient (Wildman–Crippen LogP) is 3.97. The van der Waals surface area contributed by atoms with Crippen LogP contribution in [0.5, 0.6) is 0 Å². The Morgan fingerprint density at radius 3 is 2.50 bits per heavy atom. The van der Waals surface area contributed by atoms with Crippen molar-refractivity contribution < 1.29 is 0 Å². The molecule has 1 saturated carbocycles. The standard InChI is InChI=1S/C22H28N6/c1-15-4-9-19-18(12-15)13-27(2)14-20(23)28(19)21(24)16-5-7-17(8-6-16)22-25-10-3-11-26-22/h3-4,9-12,16-17,23-24H,5-8,13-14H2,1-2H3. The smallest absolute Gasteiger partial charge is 0.131 e.